The van der Waals surface area contributed by atoms with Crippen molar-refractivity contribution in [2.24, 2.45) is 17.5 Å². The zero-order chi connectivity index (χ0) is 31.1. The number of rotatable bonds is 17. The Morgan fingerprint density at radius 1 is 1.10 bits per heavy atom. The van der Waals surface area contributed by atoms with Gasteiger partial charge in [-0.3, -0.25) is 28.8 Å². The summed E-state index contributed by atoms with van der Waals surface area (Å²) >= 11 is 0. The molecule has 14 nitrogen and oxygen atoms in total. The number of ketones is 1. The first-order valence-corrected chi connectivity index (χ1v) is 13.6. The summed E-state index contributed by atoms with van der Waals surface area (Å²) < 4.78 is 1.16. The molecule has 1 rings (SSSR count). The van der Waals surface area contributed by atoms with Gasteiger partial charge in [0.25, 0.3) is 17.4 Å². The van der Waals surface area contributed by atoms with E-state index in [-0.39, 0.29) is 42.7 Å². The van der Waals surface area contributed by atoms with Gasteiger partial charge in [-0.2, -0.15) is 0 Å². The van der Waals surface area contributed by atoms with Gasteiger partial charge in [-0.05, 0) is 37.8 Å². The maximum Gasteiger partial charge on any atom is 0.287 e. The van der Waals surface area contributed by atoms with Gasteiger partial charge in [-0.15, -0.1) is 0 Å². The van der Waals surface area contributed by atoms with E-state index in [1.165, 1.54) is 32.4 Å². The monoisotopic (exact) mass is 576 g/mol. The minimum Gasteiger partial charge on any atom is -0.403 e. The molecule has 1 aromatic heterocycles. The van der Waals surface area contributed by atoms with Crippen molar-refractivity contribution in [1.29, 1.82) is 0 Å². The van der Waals surface area contributed by atoms with Crippen LogP contribution in [0.25, 0.3) is 0 Å². The molecule has 2 unspecified atom stereocenters. The van der Waals surface area contributed by atoms with Crippen molar-refractivity contribution in [3.05, 3.63) is 40.6 Å². The first kappa shape index (κ1) is 34.8. The van der Waals surface area contributed by atoms with Crippen LogP contribution >= 0.6 is 0 Å². The quantitative estimate of drug-likeness (QED) is 0.0621. The molecule has 0 aliphatic heterocycles. The van der Waals surface area contributed by atoms with Crippen molar-refractivity contribution < 1.29 is 24.0 Å². The number of Topliss-reactive ketones (excluding diaryl/α,β-unsaturated/α-hetero) is 1. The number of hydrogen-bond acceptors (Lipinski definition) is 9. The molecule has 3 atom stereocenters. The van der Waals surface area contributed by atoms with Crippen LogP contribution in [-0.4, -0.2) is 65.2 Å². The number of nitrogens with zero attached hydrogens (tertiary/aromatic N) is 2. The van der Waals surface area contributed by atoms with Crippen molar-refractivity contribution >= 4 is 35.1 Å². The molecule has 0 spiro atoms. The molecule has 1 heterocycles. The van der Waals surface area contributed by atoms with Gasteiger partial charge < -0.3 is 36.6 Å². The highest BCUT2D eigenvalue weighted by Crippen LogP contribution is 2.17. The Morgan fingerprint density at radius 2 is 1.78 bits per heavy atom. The molecule has 4 amide bonds. The standard InChI is InChI=1S/C27H44N8O6/c1-6-9-18(7-2)14-17(3)31-23(37)16-35-13-8-10-20(27(35)41)33-24(38)19(11-12-22(36)26(40)30-4)32-25(39)21(15-28)34(5)29/h8,10,13,15,17-19H,6-7,9,11-12,14,16,28-29H2,1-5H3,(H,30,40)(H,31,37)(H,32,39)(H,33,38)/b21-15-/t17?,18?,19-/m0/s1. The summed E-state index contributed by atoms with van der Waals surface area (Å²) in [4.78, 5) is 75.1. The normalized spacial score (nSPS) is 13.4. The topological polar surface area (TPSA) is 211 Å². The summed E-state index contributed by atoms with van der Waals surface area (Å²) in [7, 11) is 2.65. The van der Waals surface area contributed by atoms with E-state index in [1.54, 1.807) is 0 Å². The second-order valence-corrected chi connectivity index (χ2v) is 9.84. The van der Waals surface area contributed by atoms with Crippen LogP contribution in [0.1, 0.15) is 59.3 Å². The van der Waals surface area contributed by atoms with Gasteiger partial charge in [0.2, 0.25) is 17.6 Å². The highest BCUT2D eigenvalue weighted by Gasteiger charge is 2.26. The fraction of sp³-hybridized carbons (Fsp3) is 0.556. The fourth-order valence-corrected chi connectivity index (χ4v) is 4.29. The summed E-state index contributed by atoms with van der Waals surface area (Å²) in [5.41, 5.74) is 4.50. The van der Waals surface area contributed by atoms with Crippen LogP contribution in [0, 0.1) is 5.92 Å². The maximum absolute atomic E-state index is 13.1. The lowest BCUT2D eigenvalue weighted by molar-refractivity contribution is -0.137. The van der Waals surface area contributed by atoms with Crippen molar-refractivity contribution in [1.82, 2.24) is 25.5 Å². The van der Waals surface area contributed by atoms with Crippen molar-refractivity contribution in [2.75, 3.05) is 19.4 Å². The van der Waals surface area contributed by atoms with Crippen LogP contribution in [-0.2, 0) is 30.5 Å². The summed E-state index contributed by atoms with van der Waals surface area (Å²) in [5.74, 6) is 2.45. The van der Waals surface area contributed by atoms with Crippen LogP contribution in [0.3, 0.4) is 0 Å². The second kappa shape index (κ2) is 17.5. The van der Waals surface area contributed by atoms with E-state index in [1.807, 2.05) is 6.92 Å². The molecule has 0 radical (unpaired) electrons. The number of hydrogen-bond donors (Lipinski definition) is 6. The minimum atomic E-state index is -1.34. The number of anilines is 1. The first-order valence-electron chi connectivity index (χ1n) is 13.6. The van der Waals surface area contributed by atoms with E-state index in [2.05, 4.69) is 35.1 Å². The summed E-state index contributed by atoms with van der Waals surface area (Å²) in [6.45, 7) is 5.91. The number of likely N-dealkylation sites (N-methyl/N-ethyl adjacent to an activating group) is 2. The van der Waals surface area contributed by atoms with Crippen molar-refractivity contribution in [2.45, 2.75) is 77.9 Å². The predicted molar refractivity (Wildman–Crippen MR) is 155 cm³/mol. The molecule has 1 aromatic rings. The Morgan fingerprint density at radius 3 is 2.34 bits per heavy atom. The van der Waals surface area contributed by atoms with Crippen LogP contribution in [0.2, 0.25) is 0 Å². The van der Waals surface area contributed by atoms with E-state index in [4.69, 9.17) is 11.6 Å². The molecule has 0 aliphatic rings. The van der Waals surface area contributed by atoms with Crippen molar-refractivity contribution in [3.8, 4) is 0 Å². The second-order valence-electron chi connectivity index (χ2n) is 9.84. The van der Waals surface area contributed by atoms with E-state index in [0.29, 0.717) is 5.92 Å². The SMILES string of the molecule is CCCC(CC)CC(C)NC(=O)Cn1cccc(NC(=O)[C@H](CCC(=O)C(=O)NC)NC(=O)/C(=C/N)N(C)N)c1=O. The van der Waals surface area contributed by atoms with Crippen molar-refractivity contribution in [3.63, 3.8) is 0 Å². The van der Waals surface area contributed by atoms with Gasteiger partial charge in [0.05, 0.1) is 0 Å². The smallest absolute Gasteiger partial charge is 0.287 e. The molecular weight excluding hydrogens is 532 g/mol. The molecule has 0 saturated carbocycles. The Labute approximate surface area is 240 Å². The average Bonchev–Trinajstić information content (AvgIpc) is 2.92. The number of hydrazine groups is 1. The molecule has 8 N–H and O–H groups in total. The number of carbonyl (C=O) groups is 5. The Bertz CT molecular complexity index is 1160. The zero-order valence-electron chi connectivity index (χ0n) is 24.5. The largest absolute Gasteiger partial charge is 0.403 e. The van der Waals surface area contributed by atoms with Crippen LogP contribution in [0.4, 0.5) is 5.69 Å². The lowest BCUT2D eigenvalue weighted by Gasteiger charge is -2.21. The predicted octanol–water partition coefficient (Wildman–Crippen LogP) is -0.306. The Hall–Kier alpha value is -4.20. The fourth-order valence-electron chi connectivity index (χ4n) is 4.29. The molecule has 0 saturated heterocycles. The molecule has 14 heteroatoms. The number of amides is 4. The van der Waals surface area contributed by atoms with E-state index < -0.39 is 35.1 Å². The van der Waals surface area contributed by atoms with Gasteiger partial charge in [-0.25, -0.2) is 5.84 Å². The molecule has 41 heavy (non-hydrogen) atoms. The third kappa shape index (κ3) is 11.4. The lowest BCUT2D eigenvalue weighted by atomic mass is 9.93. The van der Waals surface area contributed by atoms with E-state index >= 15 is 0 Å². The maximum atomic E-state index is 13.1. The highest BCUT2D eigenvalue weighted by molar-refractivity contribution is 6.36. The minimum absolute atomic E-state index is 0.0699. The molecular formula is C27H44N8O6. The number of carbonyl (C=O) groups excluding carboxylic acids is 5. The van der Waals surface area contributed by atoms with Crippen LogP contribution < -0.4 is 38.4 Å². The van der Waals surface area contributed by atoms with E-state index in [9.17, 15) is 28.8 Å². The van der Waals surface area contributed by atoms with E-state index in [0.717, 1.165) is 41.5 Å². The summed E-state index contributed by atoms with van der Waals surface area (Å²) in [5, 5.41) is 10.9. The number of nitrogens with two attached hydrogens (primary N) is 2. The molecule has 0 aromatic carbocycles. The number of pyridine rings is 1. The first-order chi connectivity index (χ1) is 19.4. The Balaban J connectivity index is 3.05. The lowest BCUT2D eigenvalue weighted by Crippen LogP contribution is -2.48. The molecule has 228 valence electrons. The summed E-state index contributed by atoms with van der Waals surface area (Å²) in [6, 6.07) is 1.43. The van der Waals surface area contributed by atoms with Gasteiger partial charge in [-0.1, -0.05) is 33.1 Å². The number of aromatic nitrogens is 1. The van der Waals surface area contributed by atoms with Crippen LogP contribution in [0.15, 0.2) is 35.0 Å². The molecule has 0 fully saturated rings. The summed E-state index contributed by atoms with van der Waals surface area (Å²) in [6.07, 6.45) is 5.73. The van der Waals surface area contributed by atoms with Gasteiger partial charge in [0.1, 0.15) is 24.0 Å². The van der Waals surface area contributed by atoms with Gasteiger partial charge in [0.15, 0.2) is 0 Å². The zero-order valence-corrected chi connectivity index (χ0v) is 24.5. The number of nitrogens with one attached hydrogen (secondary N) is 4. The molecule has 0 aliphatic carbocycles. The Kier molecular flexibility index (Phi) is 14.8. The third-order valence-electron chi connectivity index (χ3n) is 6.49. The third-order valence-corrected chi connectivity index (χ3v) is 6.49. The van der Waals surface area contributed by atoms with Gasteiger partial charge in [0, 0.05) is 39.0 Å². The van der Waals surface area contributed by atoms with Crippen LogP contribution in [0.5, 0.6) is 0 Å². The average molecular weight is 577 g/mol. The molecule has 0 bridgehead atoms. The van der Waals surface area contributed by atoms with Gasteiger partial charge >= 0.3 is 0 Å². The highest BCUT2D eigenvalue weighted by atomic mass is 16.2.